The van der Waals surface area contributed by atoms with Crippen LogP contribution < -0.4 is 4.80 Å². The number of sulfonamides is 1. The van der Waals surface area contributed by atoms with Crippen molar-refractivity contribution in [3.63, 3.8) is 0 Å². The second-order valence-electron chi connectivity index (χ2n) is 7.84. The number of esters is 1. The minimum atomic E-state index is -3.80. The van der Waals surface area contributed by atoms with Gasteiger partial charge in [0.25, 0.3) is 5.91 Å². The molecule has 1 aromatic heterocycles. The summed E-state index contributed by atoms with van der Waals surface area (Å²) in [6, 6.07) is 11.0. The predicted octanol–water partition coefficient (Wildman–Crippen LogP) is 3.10. The first-order chi connectivity index (χ1) is 15.8. The highest BCUT2D eigenvalue weighted by atomic mass is 32.2. The molecule has 174 valence electrons. The molecule has 0 aliphatic carbocycles. The number of hydrogen-bond donors (Lipinski definition) is 0. The fraction of sp³-hybridized carbons (Fsp3) is 0.348. The van der Waals surface area contributed by atoms with Gasteiger partial charge in [-0.1, -0.05) is 29.0 Å². The highest BCUT2D eigenvalue weighted by molar-refractivity contribution is 7.89. The largest absolute Gasteiger partial charge is 0.465 e. The zero-order chi connectivity index (χ0) is 23.8. The normalized spacial score (nSPS) is 17.5. The maximum Gasteiger partial charge on any atom is 0.337 e. The van der Waals surface area contributed by atoms with E-state index in [-0.39, 0.29) is 11.4 Å². The lowest BCUT2D eigenvalue weighted by atomic mass is 10.2. The van der Waals surface area contributed by atoms with Crippen LogP contribution in [0.25, 0.3) is 10.2 Å². The molecule has 0 saturated carbocycles. The maximum atomic E-state index is 13.2. The molecule has 1 saturated heterocycles. The van der Waals surface area contributed by atoms with Gasteiger partial charge in [-0.25, -0.2) is 13.2 Å². The van der Waals surface area contributed by atoms with Crippen molar-refractivity contribution in [2.75, 3.05) is 13.7 Å². The van der Waals surface area contributed by atoms with Crippen molar-refractivity contribution < 1.29 is 22.7 Å². The summed E-state index contributed by atoms with van der Waals surface area (Å²) in [6.07, 6.45) is 1.02. The summed E-state index contributed by atoms with van der Waals surface area (Å²) in [5, 5.41) is 0. The Bertz CT molecular complexity index is 1390. The Morgan fingerprint density at radius 2 is 1.91 bits per heavy atom. The van der Waals surface area contributed by atoms with Crippen molar-refractivity contribution >= 4 is 43.5 Å². The number of thiazole rings is 1. The van der Waals surface area contributed by atoms with E-state index < -0.39 is 27.9 Å². The average Bonchev–Trinajstić information content (AvgIpc) is 3.43. The lowest BCUT2D eigenvalue weighted by Gasteiger charge is -2.21. The van der Waals surface area contributed by atoms with Crippen molar-refractivity contribution in [2.24, 2.45) is 4.99 Å². The molecule has 3 aromatic rings. The van der Waals surface area contributed by atoms with Gasteiger partial charge in [0.05, 0.1) is 27.8 Å². The molecule has 2 aromatic carbocycles. The van der Waals surface area contributed by atoms with Crippen LogP contribution in [0.5, 0.6) is 0 Å². The van der Waals surface area contributed by atoms with Crippen LogP contribution in [0.1, 0.15) is 35.7 Å². The van der Waals surface area contributed by atoms with E-state index in [1.54, 1.807) is 42.5 Å². The number of methoxy groups -OCH3 is 1. The molecule has 1 aliphatic heterocycles. The van der Waals surface area contributed by atoms with Crippen LogP contribution in [-0.2, 0) is 26.1 Å². The van der Waals surface area contributed by atoms with Crippen LogP contribution in [-0.4, -0.2) is 48.9 Å². The Labute approximate surface area is 196 Å². The Morgan fingerprint density at radius 3 is 2.58 bits per heavy atom. The molecule has 4 rings (SSSR count). The molecule has 1 fully saturated rings. The van der Waals surface area contributed by atoms with Gasteiger partial charge < -0.3 is 9.30 Å². The van der Waals surface area contributed by atoms with Crippen LogP contribution in [0.15, 0.2) is 52.4 Å². The topological polar surface area (TPSA) is 98.0 Å². The fourth-order valence-electron chi connectivity index (χ4n) is 4.00. The molecule has 10 heteroatoms. The number of carbonyl (C=O) groups is 2. The predicted molar refractivity (Wildman–Crippen MR) is 125 cm³/mol. The third-order valence-electron chi connectivity index (χ3n) is 5.74. The lowest BCUT2D eigenvalue weighted by Crippen LogP contribution is -2.40. The first-order valence-corrected chi connectivity index (χ1v) is 12.9. The minimum Gasteiger partial charge on any atom is -0.465 e. The summed E-state index contributed by atoms with van der Waals surface area (Å²) in [5.74, 6) is -0.920. The van der Waals surface area contributed by atoms with E-state index >= 15 is 0 Å². The summed E-state index contributed by atoms with van der Waals surface area (Å²) >= 11 is 1.28. The number of hydrogen-bond acceptors (Lipinski definition) is 6. The molecule has 1 amide bonds. The van der Waals surface area contributed by atoms with E-state index in [1.165, 1.54) is 22.8 Å². The molecule has 1 atom stereocenters. The summed E-state index contributed by atoms with van der Waals surface area (Å²) in [4.78, 5) is 30.0. The van der Waals surface area contributed by atoms with Gasteiger partial charge in [0.15, 0.2) is 4.80 Å². The van der Waals surface area contributed by atoms with Gasteiger partial charge in [-0.2, -0.15) is 9.30 Å². The van der Waals surface area contributed by atoms with Crippen molar-refractivity contribution in [1.29, 1.82) is 0 Å². The second kappa shape index (κ2) is 9.20. The van der Waals surface area contributed by atoms with Crippen LogP contribution in [0.4, 0.5) is 0 Å². The number of carbonyl (C=O) groups excluding carboxylic acids is 2. The summed E-state index contributed by atoms with van der Waals surface area (Å²) in [6.45, 7) is 4.68. The van der Waals surface area contributed by atoms with Crippen LogP contribution in [0.3, 0.4) is 0 Å². The molecular formula is C23H25N3O5S2. The SMILES string of the molecule is CCn1c(=NC(=O)C2CCCN2S(=O)(=O)c2ccc(C)cc2)sc2cc(C(=O)OC)ccc21. The Morgan fingerprint density at radius 1 is 1.18 bits per heavy atom. The number of rotatable bonds is 5. The molecule has 0 radical (unpaired) electrons. The van der Waals surface area contributed by atoms with E-state index in [1.807, 2.05) is 18.4 Å². The number of fused-ring (bicyclic) bond motifs is 1. The fourth-order valence-corrected chi connectivity index (χ4v) is 6.79. The highest BCUT2D eigenvalue weighted by Crippen LogP contribution is 2.27. The van der Waals surface area contributed by atoms with Gasteiger partial charge >= 0.3 is 5.97 Å². The first-order valence-electron chi connectivity index (χ1n) is 10.6. The molecule has 0 N–H and O–H groups in total. The standard InChI is InChI=1S/C23H25N3O5S2/c1-4-25-18-12-9-16(22(28)31-3)14-20(18)32-23(25)24-21(27)19-6-5-13-26(19)33(29,30)17-10-7-15(2)8-11-17/h7-12,14,19H,4-6,13H2,1-3H3. The Hall–Kier alpha value is -2.82. The zero-order valence-corrected chi connectivity index (χ0v) is 20.3. The van der Waals surface area contributed by atoms with Gasteiger partial charge in [0.1, 0.15) is 6.04 Å². The monoisotopic (exact) mass is 487 g/mol. The number of aromatic nitrogens is 1. The molecular weight excluding hydrogens is 462 g/mol. The highest BCUT2D eigenvalue weighted by Gasteiger charge is 2.39. The molecule has 0 bridgehead atoms. The van der Waals surface area contributed by atoms with E-state index in [9.17, 15) is 18.0 Å². The van der Waals surface area contributed by atoms with Crippen molar-refractivity contribution in [2.45, 2.75) is 44.2 Å². The summed E-state index contributed by atoms with van der Waals surface area (Å²) in [7, 11) is -2.48. The molecule has 8 nitrogen and oxygen atoms in total. The van der Waals surface area contributed by atoms with Gasteiger partial charge in [0.2, 0.25) is 10.0 Å². The summed E-state index contributed by atoms with van der Waals surface area (Å²) < 4.78 is 35.1. The van der Waals surface area contributed by atoms with Crippen LogP contribution >= 0.6 is 11.3 Å². The smallest absolute Gasteiger partial charge is 0.337 e. The molecule has 1 unspecified atom stereocenters. The van der Waals surface area contributed by atoms with E-state index in [0.717, 1.165) is 15.8 Å². The van der Waals surface area contributed by atoms with Crippen molar-refractivity contribution in [3.8, 4) is 0 Å². The number of nitrogens with zero attached hydrogens (tertiary/aromatic N) is 3. The number of amides is 1. The number of aryl methyl sites for hydroxylation is 2. The maximum absolute atomic E-state index is 13.2. The Balaban J connectivity index is 1.70. The van der Waals surface area contributed by atoms with Gasteiger partial charge in [-0.3, -0.25) is 4.79 Å². The van der Waals surface area contributed by atoms with Crippen LogP contribution in [0, 0.1) is 6.92 Å². The van der Waals surface area contributed by atoms with Gasteiger partial charge in [0, 0.05) is 13.1 Å². The number of ether oxygens (including phenoxy) is 1. The zero-order valence-electron chi connectivity index (χ0n) is 18.6. The van der Waals surface area contributed by atoms with Crippen molar-refractivity contribution in [1.82, 2.24) is 8.87 Å². The van der Waals surface area contributed by atoms with E-state index in [4.69, 9.17) is 4.74 Å². The average molecular weight is 488 g/mol. The first kappa shape index (κ1) is 23.3. The quantitative estimate of drug-likeness (QED) is 0.515. The lowest BCUT2D eigenvalue weighted by molar-refractivity contribution is -0.121. The molecule has 1 aliphatic rings. The molecule has 2 heterocycles. The third kappa shape index (κ3) is 4.38. The van der Waals surface area contributed by atoms with Crippen LogP contribution in [0.2, 0.25) is 0 Å². The van der Waals surface area contributed by atoms with Crippen molar-refractivity contribution in [3.05, 3.63) is 58.4 Å². The summed E-state index contributed by atoms with van der Waals surface area (Å²) in [5.41, 5.74) is 2.22. The third-order valence-corrected chi connectivity index (χ3v) is 8.71. The number of benzene rings is 2. The molecule has 0 spiro atoms. The molecule has 33 heavy (non-hydrogen) atoms. The minimum absolute atomic E-state index is 0.175. The van der Waals surface area contributed by atoms with Gasteiger partial charge in [-0.05, 0) is 57.0 Å². The Kier molecular flexibility index (Phi) is 6.51. The van der Waals surface area contributed by atoms with Gasteiger partial charge in [-0.15, -0.1) is 0 Å². The second-order valence-corrected chi connectivity index (χ2v) is 10.7. The van der Waals surface area contributed by atoms with E-state index in [2.05, 4.69) is 4.99 Å². The van der Waals surface area contributed by atoms with E-state index in [0.29, 0.717) is 29.8 Å².